The van der Waals surface area contributed by atoms with Crippen LogP contribution in [0.2, 0.25) is 0 Å². The first-order chi connectivity index (χ1) is 9.35. The average Bonchev–Trinajstić information content (AvgIpc) is 2.58. The Labute approximate surface area is 118 Å². The van der Waals surface area contributed by atoms with Crippen LogP contribution in [-0.2, 0) is 10.0 Å². The molecule has 0 aromatic carbocycles. The van der Waals surface area contributed by atoms with Gasteiger partial charge in [0.05, 0.1) is 0 Å². The molecule has 0 unspecified atom stereocenters. The van der Waals surface area contributed by atoms with Crippen molar-refractivity contribution in [2.45, 2.75) is 25.2 Å². The first kappa shape index (κ1) is 15.0. The number of nitrogens with zero attached hydrogens (tertiary/aromatic N) is 1. The van der Waals surface area contributed by atoms with Crippen LogP contribution >= 0.6 is 0 Å². The van der Waals surface area contributed by atoms with Crippen molar-refractivity contribution in [1.82, 2.24) is 14.6 Å². The Kier molecular flexibility index (Phi) is 4.17. The Balaban J connectivity index is 2.46. The molecule has 1 saturated heterocycles. The van der Waals surface area contributed by atoms with E-state index in [4.69, 9.17) is 5.11 Å². The van der Waals surface area contributed by atoms with E-state index in [2.05, 4.69) is 10.3 Å². The van der Waals surface area contributed by atoms with Crippen LogP contribution in [-0.4, -0.2) is 55.0 Å². The molecule has 0 aliphatic carbocycles. The van der Waals surface area contributed by atoms with Crippen molar-refractivity contribution in [3.63, 3.8) is 0 Å². The van der Waals surface area contributed by atoms with Crippen molar-refractivity contribution in [3.05, 3.63) is 17.0 Å². The Bertz CT molecular complexity index is 613. The van der Waals surface area contributed by atoms with Crippen molar-refractivity contribution in [2.75, 3.05) is 26.2 Å². The summed E-state index contributed by atoms with van der Waals surface area (Å²) < 4.78 is 26.8. The number of aryl methyl sites for hydroxylation is 1. The number of H-pyrrole nitrogens is 1. The number of nitrogens with one attached hydrogen (secondary N) is 2. The number of hydrogen-bond acceptors (Lipinski definition) is 4. The van der Waals surface area contributed by atoms with Gasteiger partial charge in [-0.25, -0.2) is 13.2 Å². The van der Waals surface area contributed by atoms with Crippen molar-refractivity contribution < 1.29 is 18.3 Å². The summed E-state index contributed by atoms with van der Waals surface area (Å²) in [7, 11) is -3.66. The highest BCUT2D eigenvalue weighted by Crippen LogP contribution is 2.26. The molecule has 20 heavy (non-hydrogen) atoms. The van der Waals surface area contributed by atoms with Gasteiger partial charge in [-0.2, -0.15) is 4.31 Å². The molecule has 1 fully saturated rings. The zero-order chi connectivity index (χ0) is 14.9. The third-order valence-corrected chi connectivity index (χ3v) is 5.65. The fourth-order valence-electron chi connectivity index (χ4n) is 2.52. The molecular weight excluding hydrogens is 282 g/mol. The molecule has 0 radical (unpaired) electrons. The summed E-state index contributed by atoms with van der Waals surface area (Å²) in [5, 5.41) is 12.2. The molecule has 0 spiro atoms. The van der Waals surface area contributed by atoms with Gasteiger partial charge in [0, 0.05) is 30.9 Å². The molecule has 0 amide bonds. The summed E-state index contributed by atoms with van der Waals surface area (Å²) in [6.45, 7) is 5.35. The molecule has 3 N–H and O–H groups in total. The number of sulfonamides is 1. The molecule has 0 saturated carbocycles. The number of aromatic carboxylic acids is 1. The number of carboxylic acids is 1. The van der Waals surface area contributed by atoms with E-state index < -0.39 is 16.0 Å². The van der Waals surface area contributed by atoms with Gasteiger partial charge in [0.1, 0.15) is 10.6 Å². The molecule has 1 aliphatic rings. The highest BCUT2D eigenvalue weighted by molar-refractivity contribution is 7.89. The molecule has 1 aromatic rings. The minimum atomic E-state index is -3.66. The number of aromatic nitrogens is 1. The molecule has 1 aliphatic heterocycles. The largest absolute Gasteiger partial charge is 0.477 e. The lowest BCUT2D eigenvalue weighted by Gasteiger charge is -2.20. The van der Waals surface area contributed by atoms with E-state index in [1.54, 1.807) is 6.92 Å². The number of carboxylic acid groups (broad SMARTS) is 1. The fourth-order valence-corrected chi connectivity index (χ4v) is 4.41. The normalized spacial score (nSPS) is 17.9. The molecule has 0 atom stereocenters. The number of rotatable bonds is 3. The maximum atomic E-state index is 12.7. The van der Waals surface area contributed by atoms with Crippen LogP contribution in [0.25, 0.3) is 0 Å². The lowest BCUT2D eigenvalue weighted by molar-refractivity contribution is 0.0690. The van der Waals surface area contributed by atoms with Gasteiger partial charge in [0.2, 0.25) is 10.0 Å². The fraction of sp³-hybridized carbons (Fsp3) is 0.583. The minimum absolute atomic E-state index is 0.0611. The molecule has 112 valence electrons. The number of hydrogen-bond donors (Lipinski definition) is 3. The Morgan fingerprint density at radius 1 is 1.25 bits per heavy atom. The van der Waals surface area contributed by atoms with Crippen LogP contribution in [0.3, 0.4) is 0 Å². The van der Waals surface area contributed by atoms with Gasteiger partial charge in [-0.3, -0.25) is 0 Å². The van der Waals surface area contributed by atoms with E-state index in [1.165, 1.54) is 11.2 Å². The Hall–Kier alpha value is -1.38. The average molecular weight is 301 g/mol. The Morgan fingerprint density at radius 3 is 2.55 bits per heavy atom. The highest BCUT2D eigenvalue weighted by Gasteiger charge is 2.31. The standard InChI is InChI=1S/C12H19N3O4S/c1-8-10(12(16)17)14-9(2)11(8)20(18,19)15-6-3-4-13-5-7-15/h13-14H,3-7H2,1-2H3,(H,16,17). The summed E-state index contributed by atoms with van der Waals surface area (Å²) in [5.74, 6) is -1.15. The van der Waals surface area contributed by atoms with E-state index in [0.717, 1.165) is 13.0 Å². The number of aromatic amines is 1. The minimum Gasteiger partial charge on any atom is -0.477 e. The van der Waals surface area contributed by atoms with E-state index in [9.17, 15) is 13.2 Å². The third kappa shape index (κ3) is 2.58. The van der Waals surface area contributed by atoms with Crippen molar-refractivity contribution >= 4 is 16.0 Å². The van der Waals surface area contributed by atoms with E-state index in [0.29, 0.717) is 25.3 Å². The van der Waals surface area contributed by atoms with Gasteiger partial charge in [-0.05, 0) is 26.8 Å². The lowest BCUT2D eigenvalue weighted by Crippen LogP contribution is -2.34. The van der Waals surface area contributed by atoms with E-state index in [-0.39, 0.29) is 16.2 Å². The Morgan fingerprint density at radius 2 is 1.95 bits per heavy atom. The molecule has 7 nitrogen and oxygen atoms in total. The molecular formula is C12H19N3O4S. The van der Waals surface area contributed by atoms with Gasteiger partial charge in [0.25, 0.3) is 0 Å². The van der Waals surface area contributed by atoms with Crippen LogP contribution in [0.4, 0.5) is 0 Å². The third-order valence-electron chi connectivity index (χ3n) is 3.48. The zero-order valence-electron chi connectivity index (χ0n) is 11.6. The molecule has 0 bridgehead atoms. The maximum Gasteiger partial charge on any atom is 0.352 e. The van der Waals surface area contributed by atoms with Crippen LogP contribution in [0.1, 0.15) is 28.2 Å². The maximum absolute atomic E-state index is 12.7. The van der Waals surface area contributed by atoms with Crippen molar-refractivity contribution in [3.8, 4) is 0 Å². The zero-order valence-corrected chi connectivity index (χ0v) is 12.4. The monoisotopic (exact) mass is 301 g/mol. The quantitative estimate of drug-likeness (QED) is 0.746. The van der Waals surface area contributed by atoms with Gasteiger partial charge in [-0.15, -0.1) is 0 Å². The van der Waals surface area contributed by atoms with E-state index in [1.807, 2.05) is 0 Å². The topological polar surface area (TPSA) is 102 Å². The predicted octanol–water partition coefficient (Wildman–Crippen LogP) is 0.314. The van der Waals surface area contributed by atoms with Crippen LogP contribution in [0, 0.1) is 13.8 Å². The van der Waals surface area contributed by atoms with Gasteiger partial charge < -0.3 is 15.4 Å². The van der Waals surface area contributed by atoms with Crippen molar-refractivity contribution in [1.29, 1.82) is 0 Å². The second-order valence-electron chi connectivity index (χ2n) is 4.89. The molecule has 1 aromatic heterocycles. The van der Waals surface area contributed by atoms with Crippen LogP contribution in [0.15, 0.2) is 4.90 Å². The smallest absolute Gasteiger partial charge is 0.352 e. The summed E-state index contributed by atoms with van der Waals surface area (Å²) in [5.41, 5.74) is 0.582. The predicted molar refractivity (Wildman–Crippen MR) is 73.5 cm³/mol. The SMILES string of the molecule is Cc1[nH]c(C(=O)O)c(C)c1S(=O)(=O)N1CCCNCC1. The second-order valence-corrected chi connectivity index (χ2v) is 6.77. The first-order valence-corrected chi connectivity index (χ1v) is 7.93. The first-order valence-electron chi connectivity index (χ1n) is 6.49. The van der Waals surface area contributed by atoms with Gasteiger partial charge in [-0.1, -0.05) is 0 Å². The van der Waals surface area contributed by atoms with Gasteiger partial charge in [0.15, 0.2) is 0 Å². The van der Waals surface area contributed by atoms with E-state index >= 15 is 0 Å². The summed E-state index contributed by atoms with van der Waals surface area (Å²) >= 11 is 0. The molecule has 2 heterocycles. The second kappa shape index (κ2) is 5.55. The van der Waals surface area contributed by atoms with Gasteiger partial charge >= 0.3 is 5.97 Å². The summed E-state index contributed by atoms with van der Waals surface area (Å²) in [6, 6.07) is 0. The molecule has 2 rings (SSSR count). The van der Waals surface area contributed by atoms with Crippen LogP contribution < -0.4 is 5.32 Å². The summed E-state index contributed by atoms with van der Waals surface area (Å²) in [6.07, 6.45) is 0.744. The summed E-state index contributed by atoms with van der Waals surface area (Å²) in [4.78, 5) is 13.8. The number of carbonyl (C=O) groups is 1. The highest BCUT2D eigenvalue weighted by atomic mass is 32.2. The van der Waals surface area contributed by atoms with Crippen molar-refractivity contribution in [2.24, 2.45) is 0 Å². The lowest BCUT2D eigenvalue weighted by atomic mass is 10.2. The molecule has 8 heteroatoms. The van der Waals surface area contributed by atoms with Crippen LogP contribution in [0.5, 0.6) is 0 Å².